The van der Waals surface area contributed by atoms with Crippen molar-refractivity contribution in [2.75, 3.05) is 13.2 Å². The minimum Gasteiger partial charge on any atom is -0.480 e. The molecule has 20 heavy (non-hydrogen) atoms. The van der Waals surface area contributed by atoms with Crippen LogP contribution < -0.4 is 16.0 Å². The van der Waals surface area contributed by atoms with E-state index < -0.39 is 18.0 Å². The Labute approximate surface area is 117 Å². The monoisotopic (exact) mass is 289 g/mol. The van der Waals surface area contributed by atoms with Crippen molar-refractivity contribution < 1.29 is 24.6 Å². The van der Waals surface area contributed by atoms with Gasteiger partial charge in [-0.15, -0.1) is 0 Å². The van der Waals surface area contributed by atoms with E-state index in [2.05, 4.69) is 16.0 Å². The molecule has 3 amide bonds. The van der Waals surface area contributed by atoms with Gasteiger partial charge < -0.3 is 26.2 Å². The number of carbonyl (C=O) groups is 3. The third-order valence-electron chi connectivity index (χ3n) is 2.17. The zero-order chi connectivity index (χ0) is 15.8. The van der Waals surface area contributed by atoms with Crippen LogP contribution in [-0.4, -0.2) is 52.9 Å². The zero-order valence-corrected chi connectivity index (χ0v) is 12.0. The second-order valence-corrected chi connectivity index (χ2v) is 5.35. The van der Waals surface area contributed by atoms with Crippen LogP contribution in [0.5, 0.6) is 0 Å². The van der Waals surface area contributed by atoms with Crippen molar-refractivity contribution in [2.24, 2.45) is 0 Å². The Hall–Kier alpha value is -1.83. The van der Waals surface area contributed by atoms with E-state index in [0.29, 0.717) is 0 Å². The van der Waals surface area contributed by atoms with Crippen LogP contribution in [0.15, 0.2) is 0 Å². The van der Waals surface area contributed by atoms with Crippen molar-refractivity contribution in [3.8, 4) is 0 Å². The van der Waals surface area contributed by atoms with E-state index in [9.17, 15) is 14.4 Å². The molecule has 0 spiro atoms. The van der Waals surface area contributed by atoms with E-state index in [1.165, 1.54) is 0 Å². The Morgan fingerprint density at radius 3 is 2.25 bits per heavy atom. The summed E-state index contributed by atoms with van der Waals surface area (Å²) >= 11 is 0. The molecule has 0 aliphatic heterocycles. The van der Waals surface area contributed by atoms with E-state index in [1.54, 1.807) is 0 Å². The summed E-state index contributed by atoms with van der Waals surface area (Å²) in [5.74, 6) is -1.43. The van der Waals surface area contributed by atoms with Crippen molar-refractivity contribution in [1.82, 2.24) is 16.0 Å². The first-order chi connectivity index (χ1) is 9.15. The molecular formula is C12H23N3O5. The topological polar surface area (TPSA) is 128 Å². The molecule has 0 aliphatic rings. The van der Waals surface area contributed by atoms with E-state index in [1.807, 2.05) is 20.8 Å². The molecule has 0 rings (SSSR count). The summed E-state index contributed by atoms with van der Waals surface area (Å²) < 4.78 is 0. The van der Waals surface area contributed by atoms with Crippen LogP contribution >= 0.6 is 0 Å². The molecule has 0 fully saturated rings. The smallest absolute Gasteiger partial charge is 0.326 e. The number of hydrogen-bond acceptors (Lipinski definition) is 4. The number of rotatable bonds is 7. The van der Waals surface area contributed by atoms with Gasteiger partial charge in [-0.1, -0.05) is 0 Å². The summed E-state index contributed by atoms with van der Waals surface area (Å²) in [6.07, 6.45) is 0.0235. The van der Waals surface area contributed by atoms with Crippen LogP contribution in [0.2, 0.25) is 0 Å². The van der Waals surface area contributed by atoms with Crippen LogP contribution in [0.4, 0.5) is 4.79 Å². The zero-order valence-electron chi connectivity index (χ0n) is 12.0. The molecule has 0 aliphatic carbocycles. The summed E-state index contributed by atoms with van der Waals surface area (Å²) in [7, 11) is 0. The highest BCUT2D eigenvalue weighted by Gasteiger charge is 2.19. The first-order valence-electron chi connectivity index (χ1n) is 6.34. The van der Waals surface area contributed by atoms with Crippen molar-refractivity contribution in [3.63, 3.8) is 0 Å². The average molecular weight is 289 g/mol. The number of carboxylic acids is 1. The first kappa shape index (κ1) is 18.2. The predicted molar refractivity (Wildman–Crippen MR) is 72.2 cm³/mol. The lowest BCUT2D eigenvalue weighted by Gasteiger charge is -2.20. The number of carboxylic acid groups (broad SMARTS) is 1. The molecular weight excluding hydrogens is 266 g/mol. The van der Waals surface area contributed by atoms with E-state index in [4.69, 9.17) is 10.2 Å². The molecule has 0 aromatic rings. The highest BCUT2D eigenvalue weighted by atomic mass is 16.4. The van der Waals surface area contributed by atoms with Gasteiger partial charge >= 0.3 is 12.0 Å². The molecule has 116 valence electrons. The summed E-state index contributed by atoms with van der Waals surface area (Å²) in [6, 6.07) is -1.84. The molecule has 0 heterocycles. The highest BCUT2D eigenvalue weighted by Crippen LogP contribution is 1.98. The summed E-state index contributed by atoms with van der Waals surface area (Å²) in [6.45, 7) is 5.29. The molecule has 0 saturated carbocycles. The lowest BCUT2D eigenvalue weighted by molar-refractivity contribution is -0.139. The minimum absolute atomic E-state index is 0.0761. The maximum absolute atomic E-state index is 11.5. The molecule has 0 saturated heterocycles. The van der Waals surface area contributed by atoms with E-state index in [0.717, 1.165) is 0 Å². The molecule has 0 radical (unpaired) electrons. The first-order valence-corrected chi connectivity index (χ1v) is 6.34. The van der Waals surface area contributed by atoms with Gasteiger partial charge in [-0.3, -0.25) is 4.79 Å². The van der Waals surface area contributed by atoms with Gasteiger partial charge in [0.2, 0.25) is 5.91 Å². The Balaban J connectivity index is 3.99. The third kappa shape index (κ3) is 9.15. The van der Waals surface area contributed by atoms with Crippen LogP contribution in [0.25, 0.3) is 0 Å². The Morgan fingerprint density at radius 2 is 1.80 bits per heavy atom. The predicted octanol–water partition coefficient (Wildman–Crippen LogP) is -0.574. The highest BCUT2D eigenvalue weighted by molar-refractivity contribution is 5.83. The van der Waals surface area contributed by atoms with Crippen molar-refractivity contribution >= 4 is 17.9 Å². The van der Waals surface area contributed by atoms with Crippen LogP contribution in [0, 0.1) is 0 Å². The van der Waals surface area contributed by atoms with Gasteiger partial charge in [-0.05, 0) is 20.8 Å². The summed E-state index contributed by atoms with van der Waals surface area (Å²) in [4.78, 5) is 33.6. The molecule has 5 N–H and O–H groups in total. The lowest BCUT2D eigenvalue weighted by Crippen LogP contribution is -2.47. The second kappa shape index (κ2) is 8.36. The maximum Gasteiger partial charge on any atom is 0.326 e. The average Bonchev–Trinajstić information content (AvgIpc) is 2.25. The standard InChI is InChI=1S/C12H23N3O5/c1-12(2,3)15-9(17)4-6-13-11(20)14-8(5-7-16)10(18)19/h8,16H,4-7H2,1-3H3,(H,15,17)(H,18,19)(H2,13,14,20). The van der Waals surface area contributed by atoms with Gasteiger partial charge in [0.25, 0.3) is 0 Å². The number of amides is 3. The number of aliphatic hydroxyl groups excluding tert-OH is 1. The normalized spacial score (nSPS) is 12.4. The molecule has 0 aromatic carbocycles. The fourth-order valence-corrected chi connectivity index (χ4v) is 1.37. The Kier molecular flexibility index (Phi) is 7.60. The number of nitrogens with one attached hydrogen (secondary N) is 3. The van der Waals surface area contributed by atoms with Crippen LogP contribution in [0.1, 0.15) is 33.6 Å². The van der Waals surface area contributed by atoms with Gasteiger partial charge in [0.1, 0.15) is 6.04 Å². The van der Waals surface area contributed by atoms with Gasteiger partial charge in [0.05, 0.1) is 0 Å². The fraction of sp³-hybridized carbons (Fsp3) is 0.750. The Morgan fingerprint density at radius 1 is 1.20 bits per heavy atom. The molecule has 8 nitrogen and oxygen atoms in total. The van der Waals surface area contributed by atoms with Crippen molar-refractivity contribution in [3.05, 3.63) is 0 Å². The largest absolute Gasteiger partial charge is 0.480 e. The van der Waals surface area contributed by atoms with Crippen molar-refractivity contribution in [2.45, 2.75) is 45.2 Å². The minimum atomic E-state index is -1.22. The van der Waals surface area contributed by atoms with Gasteiger partial charge in [-0.2, -0.15) is 0 Å². The van der Waals surface area contributed by atoms with E-state index >= 15 is 0 Å². The number of carbonyl (C=O) groups excluding carboxylic acids is 2. The third-order valence-corrected chi connectivity index (χ3v) is 2.17. The number of aliphatic hydroxyl groups is 1. The quantitative estimate of drug-likeness (QED) is 0.428. The van der Waals surface area contributed by atoms with Gasteiger partial charge in [-0.25, -0.2) is 9.59 Å². The second-order valence-electron chi connectivity index (χ2n) is 5.35. The molecule has 0 aromatic heterocycles. The SMILES string of the molecule is CC(C)(C)NC(=O)CCNC(=O)NC(CCO)C(=O)O. The fourth-order valence-electron chi connectivity index (χ4n) is 1.37. The number of urea groups is 1. The molecule has 1 atom stereocenters. The summed E-state index contributed by atoms with van der Waals surface area (Å²) in [5.41, 5.74) is -0.338. The number of aliphatic carboxylic acids is 1. The maximum atomic E-state index is 11.5. The van der Waals surface area contributed by atoms with Gasteiger partial charge in [0.15, 0.2) is 0 Å². The number of hydrogen-bond donors (Lipinski definition) is 5. The summed E-state index contributed by atoms with van der Waals surface area (Å²) in [5, 5.41) is 24.8. The molecule has 1 unspecified atom stereocenters. The molecule has 0 bridgehead atoms. The molecule has 8 heteroatoms. The lowest BCUT2D eigenvalue weighted by atomic mass is 10.1. The van der Waals surface area contributed by atoms with Gasteiger partial charge in [0, 0.05) is 31.5 Å². The van der Waals surface area contributed by atoms with Crippen molar-refractivity contribution in [1.29, 1.82) is 0 Å². The van der Waals surface area contributed by atoms with E-state index in [-0.39, 0.29) is 37.4 Å². The van der Waals surface area contributed by atoms with Crippen LogP contribution in [-0.2, 0) is 9.59 Å². The Bertz CT molecular complexity index is 351. The van der Waals surface area contributed by atoms with Crippen LogP contribution in [0.3, 0.4) is 0 Å².